The largest absolute Gasteiger partial charge is 0.480 e. The van der Waals surface area contributed by atoms with Crippen LogP contribution in [0, 0.1) is 0 Å². The van der Waals surface area contributed by atoms with Gasteiger partial charge in [-0.25, -0.2) is 19.7 Å². The van der Waals surface area contributed by atoms with Gasteiger partial charge in [0.2, 0.25) is 0 Å². The molecule has 3 aromatic heterocycles. The van der Waals surface area contributed by atoms with Crippen LogP contribution in [0.3, 0.4) is 0 Å². The fourth-order valence-corrected chi connectivity index (χ4v) is 3.51. The third-order valence-electron chi connectivity index (χ3n) is 3.68. The standard InChI is InChI=1S/C13H11N5O2S/c19-13(20)10-3-8-9(16-5-15-8)4-18(10)12-11-7(1-2-21-11)14-6-17-12/h1-2,5-6,10H,3-4H2,(H,15,16)(H,19,20). The molecule has 0 saturated heterocycles. The molecule has 8 heteroatoms. The van der Waals surface area contributed by atoms with Gasteiger partial charge in [-0.3, -0.25) is 0 Å². The topological polar surface area (TPSA) is 95.0 Å². The number of hydrogen-bond acceptors (Lipinski definition) is 6. The summed E-state index contributed by atoms with van der Waals surface area (Å²) in [5.74, 6) is -0.199. The number of carbonyl (C=O) groups is 1. The second-order valence-electron chi connectivity index (χ2n) is 4.85. The summed E-state index contributed by atoms with van der Waals surface area (Å²) in [4.78, 5) is 29.2. The first-order valence-corrected chi connectivity index (χ1v) is 7.31. The minimum Gasteiger partial charge on any atom is -0.480 e. The molecule has 0 spiro atoms. The SMILES string of the molecule is O=C(O)C1Cc2nc[nH]c2CN1c1ncnc2ccsc12. The Bertz CT molecular complexity index is 827. The van der Waals surface area contributed by atoms with Crippen molar-refractivity contribution in [3.05, 3.63) is 35.5 Å². The summed E-state index contributed by atoms with van der Waals surface area (Å²) in [6.07, 6.45) is 3.45. The summed E-state index contributed by atoms with van der Waals surface area (Å²) in [5, 5.41) is 11.5. The number of aliphatic carboxylic acids is 1. The number of nitrogens with one attached hydrogen (secondary N) is 1. The molecule has 3 aromatic rings. The molecule has 0 aromatic carbocycles. The van der Waals surface area contributed by atoms with Crippen LogP contribution in [0.25, 0.3) is 10.2 Å². The Kier molecular flexibility index (Phi) is 2.64. The van der Waals surface area contributed by atoms with Gasteiger partial charge >= 0.3 is 5.97 Å². The van der Waals surface area contributed by atoms with E-state index < -0.39 is 12.0 Å². The monoisotopic (exact) mass is 301 g/mol. The molecule has 0 amide bonds. The number of hydrogen-bond donors (Lipinski definition) is 2. The predicted molar refractivity (Wildman–Crippen MR) is 77.3 cm³/mol. The number of imidazole rings is 1. The minimum atomic E-state index is -0.869. The van der Waals surface area contributed by atoms with Crippen molar-refractivity contribution in [2.45, 2.75) is 19.0 Å². The number of fused-ring (bicyclic) bond motifs is 2. The van der Waals surface area contributed by atoms with Crippen LogP contribution in [0.5, 0.6) is 0 Å². The van der Waals surface area contributed by atoms with Crippen molar-refractivity contribution in [1.82, 2.24) is 19.9 Å². The molecule has 0 fully saturated rings. The Hall–Kier alpha value is -2.48. The van der Waals surface area contributed by atoms with Crippen molar-refractivity contribution in [3.8, 4) is 0 Å². The second-order valence-corrected chi connectivity index (χ2v) is 5.76. The molecule has 4 rings (SSSR count). The number of thiophene rings is 1. The Balaban J connectivity index is 1.85. The normalized spacial score (nSPS) is 17.9. The Morgan fingerprint density at radius 1 is 1.43 bits per heavy atom. The number of carboxylic acid groups (broad SMARTS) is 1. The molecule has 4 heterocycles. The van der Waals surface area contributed by atoms with Crippen LogP contribution in [0.2, 0.25) is 0 Å². The van der Waals surface area contributed by atoms with Crippen LogP contribution in [-0.4, -0.2) is 37.1 Å². The Labute approximate surface area is 123 Å². The van der Waals surface area contributed by atoms with Crippen molar-refractivity contribution in [3.63, 3.8) is 0 Å². The molecule has 1 atom stereocenters. The number of anilines is 1. The van der Waals surface area contributed by atoms with Gasteiger partial charge in [0.05, 0.1) is 34.5 Å². The molecule has 21 heavy (non-hydrogen) atoms. The van der Waals surface area contributed by atoms with E-state index in [4.69, 9.17) is 0 Å². The van der Waals surface area contributed by atoms with Crippen LogP contribution in [0.15, 0.2) is 24.1 Å². The number of aromatic amines is 1. The average molecular weight is 301 g/mol. The van der Waals surface area contributed by atoms with E-state index in [1.165, 1.54) is 17.7 Å². The number of aromatic nitrogens is 4. The molecule has 2 N–H and O–H groups in total. The zero-order valence-electron chi connectivity index (χ0n) is 10.9. The highest BCUT2D eigenvalue weighted by Gasteiger charge is 2.34. The minimum absolute atomic E-state index is 0.366. The van der Waals surface area contributed by atoms with Gasteiger partial charge in [0.1, 0.15) is 12.4 Å². The second kappa shape index (κ2) is 4.52. The van der Waals surface area contributed by atoms with E-state index in [1.807, 2.05) is 16.3 Å². The van der Waals surface area contributed by atoms with Crippen LogP contribution >= 0.6 is 11.3 Å². The number of carboxylic acids is 1. The lowest BCUT2D eigenvalue weighted by Gasteiger charge is -2.33. The van der Waals surface area contributed by atoms with E-state index in [0.717, 1.165) is 21.6 Å². The lowest BCUT2D eigenvalue weighted by atomic mass is 10.0. The highest BCUT2D eigenvalue weighted by atomic mass is 32.1. The summed E-state index contributed by atoms with van der Waals surface area (Å²) < 4.78 is 0.909. The first kappa shape index (κ1) is 12.3. The summed E-state index contributed by atoms with van der Waals surface area (Å²) >= 11 is 1.52. The highest BCUT2D eigenvalue weighted by Crippen LogP contribution is 2.33. The van der Waals surface area contributed by atoms with Gasteiger partial charge in [0, 0.05) is 6.42 Å². The van der Waals surface area contributed by atoms with Crippen molar-refractivity contribution in [2.24, 2.45) is 0 Å². The molecule has 106 valence electrons. The molecular formula is C13H11N5O2S. The van der Waals surface area contributed by atoms with Gasteiger partial charge in [-0.05, 0) is 11.4 Å². The fraction of sp³-hybridized carbons (Fsp3) is 0.231. The molecule has 1 aliphatic rings. The van der Waals surface area contributed by atoms with Crippen LogP contribution in [-0.2, 0) is 17.8 Å². The molecule has 1 unspecified atom stereocenters. The first-order chi connectivity index (χ1) is 10.2. The van der Waals surface area contributed by atoms with Gasteiger partial charge in [-0.2, -0.15) is 0 Å². The zero-order valence-corrected chi connectivity index (χ0v) is 11.7. The number of nitrogens with zero attached hydrogens (tertiary/aromatic N) is 4. The number of rotatable bonds is 2. The van der Waals surface area contributed by atoms with Crippen molar-refractivity contribution in [2.75, 3.05) is 4.90 Å². The van der Waals surface area contributed by atoms with E-state index in [1.54, 1.807) is 6.33 Å². The van der Waals surface area contributed by atoms with Gasteiger partial charge in [0.25, 0.3) is 0 Å². The summed E-state index contributed by atoms with van der Waals surface area (Å²) in [6.45, 7) is 0.455. The third kappa shape index (κ3) is 1.87. The van der Waals surface area contributed by atoms with E-state index in [2.05, 4.69) is 19.9 Å². The molecular weight excluding hydrogens is 290 g/mol. The molecule has 0 radical (unpaired) electrons. The van der Waals surface area contributed by atoms with Gasteiger partial charge < -0.3 is 15.0 Å². The third-order valence-corrected chi connectivity index (χ3v) is 4.58. The maximum absolute atomic E-state index is 11.6. The zero-order chi connectivity index (χ0) is 14.4. The lowest BCUT2D eigenvalue weighted by Crippen LogP contribution is -2.46. The molecule has 0 bridgehead atoms. The van der Waals surface area contributed by atoms with Gasteiger partial charge in [-0.1, -0.05) is 0 Å². The first-order valence-electron chi connectivity index (χ1n) is 6.43. The Morgan fingerprint density at radius 2 is 2.33 bits per heavy atom. The van der Waals surface area contributed by atoms with Crippen molar-refractivity contribution in [1.29, 1.82) is 0 Å². The summed E-state index contributed by atoms with van der Waals surface area (Å²) in [5.41, 5.74) is 2.59. The molecule has 0 saturated carbocycles. The number of H-pyrrole nitrogens is 1. The van der Waals surface area contributed by atoms with Crippen molar-refractivity contribution < 1.29 is 9.90 Å². The smallest absolute Gasteiger partial charge is 0.326 e. The van der Waals surface area contributed by atoms with Crippen LogP contribution < -0.4 is 4.90 Å². The van der Waals surface area contributed by atoms with Crippen LogP contribution in [0.4, 0.5) is 5.82 Å². The van der Waals surface area contributed by atoms with E-state index in [9.17, 15) is 9.90 Å². The summed E-state index contributed by atoms with van der Waals surface area (Å²) in [6, 6.07) is 1.24. The van der Waals surface area contributed by atoms with E-state index >= 15 is 0 Å². The van der Waals surface area contributed by atoms with E-state index in [0.29, 0.717) is 18.8 Å². The molecule has 7 nitrogen and oxygen atoms in total. The van der Waals surface area contributed by atoms with E-state index in [-0.39, 0.29) is 0 Å². The van der Waals surface area contributed by atoms with Crippen LogP contribution in [0.1, 0.15) is 11.4 Å². The summed E-state index contributed by atoms with van der Waals surface area (Å²) in [7, 11) is 0. The molecule has 1 aliphatic heterocycles. The molecule has 0 aliphatic carbocycles. The Morgan fingerprint density at radius 3 is 3.19 bits per heavy atom. The van der Waals surface area contributed by atoms with Crippen molar-refractivity contribution >= 4 is 33.3 Å². The fourth-order valence-electron chi connectivity index (χ4n) is 2.66. The maximum Gasteiger partial charge on any atom is 0.326 e. The lowest BCUT2D eigenvalue weighted by molar-refractivity contribution is -0.138. The quantitative estimate of drug-likeness (QED) is 0.743. The predicted octanol–water partition coefficient (Wildman–Crippen LogP) is 1.43. The highest BCUT2D eigenvalue weighted by molar-refractivity contribution is 7.17. The van der Waals surface area contributed by atoms with Gasteiger partial charge in [-0.15, -0.1) is 11.3 Å². The average Bonchev–Trinajstić information content (AvgIpc) is 3.13. The maximum atomic E-state index is 11.6. The van der Waals surface area contributed by atoms with Gasteiger partial charge in [0.15, 0.2) is 5.82 Å².